The summed E-state index contributed by atoms with van der Waals surface area (Å²) >= 11 is 0. The maximum Gasteiger partial charge on any atom is 0.264 e. The van der Waals surface area contributed by atoms with Gasteiger partial charge < -0.3 is 24.4 Å². The molecule has 2 atom stereocenters. The fourth-order valence-electron chi connectivity index (χ4n) is 3.98. The van der Waals surface area contributed by atoms with Gasteiger partial charge in [0.2, 0.25) is 5.91 Å². The number of hydrogen-bond acceptors (Lipinski definition) is 7. The van der Waals surface area contributed by atoms with Crippen molar-refractivity contribution in [2.75, 3.05) is 46.1 Å². The van der Waals surface area contributed by atoms with E-state index in [2.05, 4.69) is 10.7 Å². The molecule has 2 amide bonds. The highest BCUT2D eigenvalue weighted by atomic mass is 16.6. The van der Waals surface area contributed by atoms with Gasteiger partial charge in [-0.2, -0.15) is 0 Å². The monoisotopic (exact) mass is 386 g/mol. The molecular formula is C19H22N4O5. The Hall–Kier alpha value is -2.78. The van der Waals surface area contributed by atoms with Crippen molar-refractivity contribution in [1.82, 2.24) is 20.7 Å². The minimum Gasteiger partial charge on any atom is -0.486 e. The summed E-state index contributed by atoms with van der Waals surface area (Å²) in [5, 5.41) is 4.87. The van der Waals surface area contributed by atoms with Gasteiger partial charge in [0, 0.05) is 37.0 Å². The van der Waals surface area contributed by atoms with Crippen molar-refractivity contribution in [2.45, 2.75) is 6.17 Å². The van der Waals surface area contributed by atoms with E-state index in [9.17, 15) is 9.59 Å². The highest BCUT2D eigenvalue weighted by Gasteiger charge is 2.45. The van der Waals surface area contributed by atoms with Crippen molar-refractivity contribution in [3.8, 4) is 11.5 Å². The zero-order chi connectivity index (χ0) is 19.1. The lowest BCUT2D eigenvalue weighted by atomic mass is 10.0. The number of hydrazine groups is 1. The van der Waals surface area contributed by atoms with Gasteiger partial charge in [-0.25, -0.2) is 5.43 Å². The van der Waals surface area contributed by atoms with Gasteiger partial charge in [0.15, 0.2) is 11.5 Å². The third-order valence-corrected chi connectivity index (χ3v) is 5.44. The topological polar surface area (TPSA) is 92.4 Å². The second kappa shape index (κ2) is 6.99. The zero-order valence-electron chi connectivity index (χ0n) is 15.3. The van der Waals surface area contributed by atoms with E-state index >= 15 is 0 Å². The van der Waals surface area contributed by atoms with Crippen LogP contribution in [0.3, 0.4) is 0 Å². The van der Waals surface area contributed by atoms with Crippen LogP contribution in [-0.2, 0) is 14.3 Å². The molecule has 1 aromatic rings. The predicted octanol–water partition coefficient (Wildman–Crippen LogP) is -0.450. The third-order valence-electron chi connectivity index (χ3n) is 5.44. The highest BCUT2D eigenvalue weighted by molar-refractivity contribution is 5.97. The van der Waals surface area contributed by atoms with Gasteiger partial charge in [-0.05, 0) is 18.2 Å². The Morgan fingerprint density at radius 1 is 1.07 bits per heavy atom. The summed E-state index contributed by atoms with van der Waals surface area (Å²) in [6.45, 7) is 3.71. The second-order valence-corrected chi connectivity index (χ2v) is 7.12. The molecule has 0 saturated carbocycles. The first kappa shape index (κ1) is 17.3. The van der Waals surface area contributed by atoms with Crippen molar-refractivity contribution < 1.29 is 23.8 Å². The summed E-state index contributed by atoms with van der Waals surface area (Å²) in [6, 6.07) is 5.58. The molecule has 9 nitrogen and oxygen atoms in total. The smallest absolute Gasteiger partial charge is 0.264 e. The van der Waals surface area contributed by atoms with Crippen LogP contribution in [0.25, 0.3) is 5.70 Å². The first-order valence-corrected chi connectivity index (χ1v) is 9.52. The molecule has 2 N–H and O–H groups in total. The van der Waals surface area contributed by atoms with Crippen molar-refractivity contribution in [1.29, 1.82) is 0 Å². The van der Waals surface area contributed by atoms with Gasteiger partial charge in [-0.3, -0.25) is 14.6 Å². The number of morpholine rings is 1. The van der Waals surface area contributed by atoms with Crippen LogP contribution in [0.15, 0.2) is 24.3 Å². The van der Waals surface area contributed by atoms with Crippen LogP contribution in [0, 0.1) is 5.92 Å². The van der Waals surface area contributed by atoms with Gasteiger partial charge in [0.1, 0.15) is 19.4 Å². The lowest BCUT2D eigenvalue weighted by Gasteiger charge is -2.35. The van der Waals surface area contributed by atoms with E-state index in [1.807, 2.05) is 23.1 Å². The third kappa shape index (κ3) is 2.96. The van der Waals surface area contributed by atoms with E-state index in [-0.39, 0.29) is 17.7 Å². The summed E-state index contributed by atoms with van der Waals surface area (Å²) in [4.78, 5) is 27.4. The fraction of sp³-hybridized carbons (Fsp3) is 0.474. The molecule has 1 aromatic carbocycles. The van der Waals surface area contributed by atoms with E-state index in [1.165, 1.54) is 11.1 Å². The molecule has 4 heterocycles. The van der Waals surface area contributed by atoms with E-state index in [1.54, 1.807) is 0 Å². The van der Waals surface area contributed by atoms with Crippen LogP contribution in [-0.4, -0.2) is 74.0 Å². The normalized spacial score (nSPS) is 26.4. The first-order valence-electron chi connectivity index (χ1n) is 9.52. The predicted molar refractivity (Wildman–Crippen MR) is 98.1 cm³/mol. The van der Waals surface area contributed by atoms with Crippen LogP contribution in [0.5, 0.6) is 11.5 Å². The fourth-order valence-corrected chi connectivity index (χ4v) is 3.98. The molecule has 28 heavy (non-hydrogen) atoms. The van der Waals surface area contributed by atoms with Crippen molar-refractivity contribution in [2.24, 2.45) is 5.92 Å². The van der Waals surface area contributed by atoms with Crippen LogP contribution < -0.4 is 20.2 Å². The Balaban J connectivity index is 1.38. The van der Waals surface area contributed by atoms with Gasteiger partial charge in [0.05, 0.1) is 19.1 Å². The molecule has 5 rings (SSSR count). The summed E-state index contributed by atoms with van der Waals surface area (Å²) < 4.78 is 16.5. The number of nitrogens with zero attached hydrogens (tertiary/aromatic N) is 2. The Morgan fingerprint density at radius 3 is 2.68 bits per heavy atom. The van der Waals surface area contributed by atoms with Gasteiger partial charge in [-0.1, -0.05) is 0 Å². The number of benzene rings is 1. The molecule has 2 saturated heterocycles. The molecule has 9 heteroatoms. The van der Waals surface area contributed by atoms with Crippen LogP contribution in [0.1, 0.15) is 5.56 Å². The maximum atomic E-state index is 13.0. The molecule has 0 spiro atoms. The number of amides is 2. The van der Waals surface area contributed by atoms with Gasteiger partial charge >= 0.3 is 0 Å². The average Bonchev–Trinajstić information content (AvgIpc) is 3.18. The Kier molecular flexibility index (Phi) is 4.33. The molecule has 2 fully saturated rings. The molecule has 2 unspecified atom stereocenters. The Bertz CT molecular complexity index is 836. The number of hydrogen-bond donors (Lipinski definition) is 2. The number of carbonyl (C=O) groups is 2. The molecule has 4 aliphatic heterocycles. The van der Waals surface area contributed by atoms with Gasteiger partial charge in [0.25, 0.3) is 5.91 Å². The summed E-state index contributed by atoms with van der Waals surface area (Å²) in [5.74, 6) is 0.856. The maximum absolute atomic E-state index is 13.0. The van der Waals surface area contributed by atoms with E-state index in [0.29, 0.717) is 63.3 Å². The minimum atomic E-state index is -0.434. The van der Waals surface area contributed by atoms with Crippen LogP contribution in [0.4, 0.5) is 0 Å². The molecule has 0 aromatic heterocycles. The molecule has 4 aliphatic rings. The Labute approximate surface area is 162 Å². The molecular weight excluding hydrogens is 364 g/mol. The second-order valence-electron chi connectivity index (χ2n) is 7.12. The number of nitrogens with one attached hydrogen (secondary N) is 2. The Morgan fingerprint density at radius 2 is 1.86 bits per heavy atom. The SMILES string of the molecule is O=C(C1CNN2C(=O)C=C(c3ccc4c(c3)OCCO4)NC12)N1CCOCC1. The number of ether oxygens (including phenoxy) is 3. The summed E-state index contributed by atoms with van der Waals surface area (Å²) in [5.41, 5.74) is 4.55. The molecule has 0 bridgehead atoms. The van der Waals surface area contributed by atoms with Crippen molar-refractivity contribution in [3.05, 3.63) is 29.8 Å². The quantitative estimate of drug-likeness (QED) is 0.711. The van der Waals surface area contributed by atoms with Crippen LogP contribution >= 0.6 is 0 Å². The van der Waals surface area contributed by atoms with Crippen molar-refractivity contribution >= 4 is 17.5 Å². The number of fused-ring (bicyclic) bond motifs is 2. The lowest BCUT2D eigenvalue weighted by molar-refractivity contribution is -0.141. The first-order chi connectivity index (χ1) is 13.7. The molecule has 0 radical (unpaired) electrons. The standard InChI is InChI=1S/C19H22N4O5/c24-17-10-14(12-1-2-15-16(9-12)28-8-7-27-15)21-18-13(11-20-23(17)18)19(25)22-3-5-26-6-4-22/h1-2,9-10,13,18,20-21H,3-8,11H2. The van der Waals surface area contributed by atoms with Gasteiger partial charge in [-0.15, -0.1) is 0 Å². The van der Waals surface area contributed by atoms with E-state index in [4.69, 9.17) is 14.2 Å². The highest BCUT2D eigenvalue weighted by Crippen LogP contribution is 2.34. The van der Waals surface area contributed by atoms with Crippen molar-refractivity contribution in [3.63, 3.8) is 0 Å². The molecule has 148 valence electrons. The average molecular weight is 386 g/mol. The summed E-state index contributed by atoms with van der Waals surface area (Å²) in [7, 11) is 0. The number of carbonyl (C=O) groups excluding carboxylic acids is 2. The molecule has 0 aliphatic carbocycles. The van der Waals surface area contributed by atoms with Crippen LogP contribution in [0.2, 0.25) is 0 Å². The minimum absolute atomic E-state index is 0.0343. The van der Waals surface area contributed by atoms with E-state index in [0.717, 1.165) is 5.56 Å². The largest absolute Gasteiger partial charge is 0.486 e. The van der Waals surface area contributed by atoms with E-state index < -0.39 is 6.17 Å². The summed E-state index contributed by atoms with van der Waals surface area (Å²) in [6.07, 6.45) is 1.10. The lowest BCUT2D eigenvalue weighted by Crippen LogP contribution is -2.55. The zero-order valence-corrected chi connectivity index (χ0v) is 15.3. The number of rotatable bonds is 2.